The largest absolute Gasteiger partial charge is 0.379 e. The standard InChI is InChI=1S/C26H34N4O4S/c31-26(27-20-24-6-8-25(9-7-24)21-29-15-17-34-18-16-29)22-28-11-13-30(14-12-28)35(32,33)19-10-23-4-2-1-3-5-23/h1-10,19H,11-18,20-22H2,(H,27,31)/b19-10+. The number of nitrogens with one attached hydrogen (secondary N) is 1. The summed E-state index contributed by atoms with van der Waals surface area (Å²) in [5.41, 5.74) is 3.16. The van der Waals surface area contributed by atoms with Crippen LogP contribution < -0.4 is 5.32 Å². The molecule has 2 saturated heterocycles. The summed E-state index contributed by atoms with van der Waals surface area (Å²) < 4.78 is 32.1. The smallest absolute Gasteiger partial charge is 0.236 e. The van der Waals surface area contributed by atoms with E-state index in [2.05, 4.69) is 34.5 Å². The molecule has 0 spiro atoms. The van der Waals surface area contributed by atoms with E-state index in [0.717, 1.165) is 44.0 Å². The number of rotatable bonds is 9. The zero-order valence-corrected chi connectivity index (χ0v) is 20.8. The first-order valence-corrected chi connectivity index (χ1v) is 13.6. The van der Waals surface area contributed by atoms with Crippen LogP contribution in [0.1, 0.15) is 16.7 Å². The minimum absolute atomic E-state index is 0.0531. The van der Waals surface area contributed by atoms with E-state index in [1.165, 1.54) is 15.3 Å². The third-order valence-corrected chi connectivity index (χ3v) is 7.88. The zero-order valence-electron chi connectivity index (χ0n) is 20.0. The van der Waals surface area contributed by atoms with Gasteiger partial charge in [-0.25, -0.2) is 8.42 Å². The summed E-state index contributed by atoms with van der Waals surface area (Å²) in [6.07, 6.45) is 1.62. The minimum atomic E-state index is -3.48. The predicted octanol–water partition coefficient (Wildman–Crippen LogP) is 1.75. The van der Waals surface area contributed by atoms with E-state index in [1.54, 1.807) is 6.08 Å². The third-order valence-electron chi connectivity index (χ3n) is 6.31. The van der Waals surface area contributed by atoms with Gasteiger partial charge in [0.25, 0.3) is 0 Å². The Hall–Kier alpha value is -2.56. The fourth-order valence-corrected chi connectivity index (χ4v) is 5.37. The van der Waals surface area contributed by atoms with Crippen molar-refractivity contribution in [3.8, 4) is 0 Å². The topological polar surface area (TPSA) is 82.2 Å². The highest BCUT2D eigenvalue weighted by Crippen LogP contribution is 2.12. The van der Waals surface area contributed by atoms with Crippen molar-refractivity contribution < 1.29 is 17.9 Å². The summed E-state index contributed by atoms with van der Waals surface area (Å²) in [6.45, 7) is 6.98. The number of amides is 1. The molecule has 2 fully saturated rings. The van der Waals surface area contributed by atoms with Gasteiger partial charge in [-0.15, -0.1) is 0 Å². The molecule has 0 unspecified atom stereocenters. The van der Waals surface area contributed by atoms with Crippen molar-refractivity contribution in [1.82, 2.24) is 19.4 Å². The summed E-state index contributed by atoms with van der Waals surface area (Å²) in [6, 6.07) is 17.7. The van der Waals surface area contributed by atoms with Gasteiger partial charge in [0.15, 0.2) is 0 Å². The van der Waals surface area contributed by atoms with E-state index in [1.807, 2.05) is 35.2 Å². The van der Waals surface area contributed by atoms with Crippen molar-refractivity contribution in [3.63, 3.8) is 0 Å². The maximum absolute atomic E-state index is 12.6. The second-order valence-corrected chi connectivity index (χ2v) is 10.7. The Bertz CT molecular complexity index is 1080. The highest BCUT2D eigenvalue weighted by molar-refractivity contribution is 7.92. The van der Waals surface area contributed by atoms with Gasteiger partial charge in [0.1, 0.15) is 0 Å². The fraction of sp³-hybridized carbons (Fsp3) is 0.423. The molecule has 0 aromatic heterocycles. The number of morpholine rings is 1. The van der Waals surface area contributed by atoms with Gasteiger partial charge in [0, 0.05) is 57.8 Å². The number of ether oxygens (including phenoxy) is 1. The molecule has 2 aromatic carbocycles. The first-order valence-electron chi connectivity index (χ1n) is 12.1. The molecule has 1 amide bonds. The summed E-state index contributed by atoms with van der Waals surface area (Å²) in [5, 5.41) is 4.24. The van der Waals surface area contributed by atoms with Gasteiger partial charge < -0.3 is 10.1 Å². The van der Waals surface area contributed by atoms with E-state index >= 15 is 0 Å². The molecule has 35 heavy (non-hydrogen) atoms. The van der Waals surface area contributed by atoms with Crippen LogP contribution in [0.5, 0.6) is 0 Å². The maximum atomic E-state index is 12.6. The van der Waals surface area contributed by atoms with Crippen LogP contribution in [0.2, 0.25) is 0 Å². The molecule has 2 aromatic rings. The first-order chi connectivity index (χ1) is 17.0. The van der Waals surface area contributed by atoms with Gasteiger partial charge >= 0.3 is 0 Å². The summed E-state index contributed by atoms with van der Waals surface area (Å²) in [7, 11) is -3.48. The zero-order chi connectivity index (χ0) is 24.5. The number of hydrogen-bond acceptors (Lipinski definition) is 6. The SMILES string of the molecule is O=C(CN1CCN(S(=O)(=O)/C=C/c2ccccc2)CC1)NCc1ccc(CN2CCOCC2)cc1. The summed E-state index contributed by atoms with van der Waals surface area (Å²) in [5.74, 6) is -0.0531. The molecule has 0 saturated carbocycles. The lowest BCUT2D eigenvalue weighted by Gasteiger charge is -2.32. The summed E-state index contributed by atoms with van der Waals surface area (Å²) in [4.78, 5) is 16.8. The fourth-order valence-electron chi connectivity index (χ4n) is 4.20. The van der Waals surface area contributed by atoms with Crippen molar-refractivity contribution in [3.05, 3.63) is 76.7 Å². The van der Waals surface area contributed by atoms with Gasteiger partial charge in [-0.2, -0.15) is 4.31 Å². The molecule has 2 heterocycles. The number of nitrogens with zero attached hydrogens (tertiary/aromatic N) is 3. The quantitative estimate of drug-likeness (QED) is 0.567. The van der Waals surface area contributed by atoms with E-state index in [-0.39, 0.29) is 12.5 Å². The molecule has 2 aliphatic rings. The van der Waals surface area contributed by atoms with E-state index < -0.39 is 10.0 Å². The number of piperazine rings is 1. The van der Waals surface area contributed by atoms with Gasteiger partial charge in [-0.1, -0.05) is 54.6 Å². The molecule has 0 bridgehead atoms. The van der Waals surface area contributed by atoms with Crippen LogP contribution >= 0.6 is 0 Å². The van der Waals surface area contributed by atoms with Crippen LogP contribution in [0, 0.1) is 0 Å². The second-order valence-electron chi connectivity index (χ2n) is 8.92. The third kappa shape index (κ3) is 7.98. The van der Waals surface area contributed by atoms with E-state index in [0.29, 0.717) is 32.7 Å². The molecule has 2 aliphatic heterocycles. The Morgan fingerprint density at radius 3 is 2.20 bits per heavy atom. The Kier molecular flexibility index (Phi) is 9.06. The predicted molar refractivity (Wildman–Crippen MR) is 137 cm³/mol. The van der Waals surface area contributed by atoms with Gasteiger partial charge in [-0.05, 0) is 22.8 Å². The minimum Gasteiger partial charge on any atom is -0.379 e. The molecule has 0 atom stereocenters. The lowest BCUT2D eigenvalue weighted by Crippen LogP contribution is -2.50. The van der Waals surface area contributed by atoms with Crippen LogP contribution in [0.15, 0.2) is 60.0 Å². The monoisotopic (exact) mass is 498 g/mol. The van der Waals surface area contributed by atoms with Crippen LogP contribution in [0.3, 0.4) is 0 Å². The van der Waals surface area contributed by atoms with E-state index in [4.69, 9.17) is 4.74 Å². The number of carbonyl (C=O) groups is 1. The van der Waals surface area contributed by atoms with Crippen LogP contribution in [0.25, 0.3) is 6.08 Å². The molecule has 0 radical (unpaired) electrons. The highest BCUT2D eigenvalue weighted by atomic mass is 32.2. The van der Waals surface area contributed by atoms with Crippen molar-refractivity contribution in [2.45, 2.75) is 13.1 Å². The molecule has 188 valence electrons. The number of carbonyl (C=O) groups excluding carboxylic acids is 1. The molecule has 4 rings (SSSR count). The average molecular weight is 499 g/mol. The lowest BCUT2D eigenvalue weighted by atomic mass is 10.1. The molecule has 1 N–H and O–H groups in total. The van der Waals surface area contributed by atoms with Crippen molar-refractivity contribution in [2.24, 2.45) is 0 Å². The van der Waals surface area contributed by atoms with Gasteiger partial charge in [0.05, 0.1) is 19.8 Å². The molecule has 9 heteroatoms. The Balaban J connectivity index is 1.17. The summed E-state index contributed by atoms with van der Waals surface area (Å²) >= 11 is 0. The van der Waals surface area contributed by atoms with Crippen LogP contribution in [-0.4, -0.2) is 87.5 Å². The Morgan fingerprint density at radius 1 is 0.857 bits per heavy atom. The van der Waals surface area contributed by atoms with E-state index in [9.17, 15) is 13.2 Å². The van der Waals surface area contributed by atoms with Crippen molar-refractivity contribution in [2.75, 3.05) is 59.0 Å². The highest BCUT2D eigenvalue weighted by Gasteiger charge is 2.25. The Morgan fingerprint density at radius 2 is 1.51 bits per heavy atom. The molecule has 0 aliphatic carbocycles. The Labute approximate surface area is 208 Å². The average Bonchev–Trinajstić information content (AvgIpc) is 2.89. The first kappa shape index (κ1) is 25.5. The molecule has 8 nitrogen and oxygen atoms in total. The van der Waals surface area contributed by atoms with Crippen molar-refractivity contribution >= 4 is 22.0 Å². The van der Waals surface area contributed by atoms with Crippen LogP contribution in [0.4, 0.5) is 0 Å². The number of benzene rings is 2. The number of hydrogen-bond donors (Lipinski definition) is 1. The van der Waals surface area contributed by atoms with Crippen molar-refractivity contribution in [1.29, 1.82) is 0 Å². The normalized spacial score (nSPS) is 18.6. The number of sulfonamides is 1. The van der Waals surface area contributed by atoms with Crippen LogP contribution in [-0.2, 0) is 32.6 Å². The lowest BCUT2D eigenvalue weighted by molar-refractivity contribution is -0.122. The second kappa shape index (κ2) is 12.4. The van der Waals surface area contributed by atoms with Gasteiger partial charge in [-0.3, -0.25) is 14.6 Å². The molecular formula is C26H34N4O4S. The van der Waals surface area contributed by atoms with Gasteiger partial charge in [0.2, 0.25) is 15.9 Å². The maximum Gasteiger partial charge on any atom is 0.236 e. The molecular weight excluding hydrogens is 464 g/mol.